The summed E-state index contributed by atoms with van der Waals surface area (Å²) in [5.41, 5.74) is 4.76. The number of ether oxygens (including phenoxy) is 1. The van der Waals surface area contributed by atoms with Crippen LogP contribution in [-0.2, 0) is 22.4 Å². The summed E-state index contributed by atoms with van der Waals surface area (Å²) < 4.78 is 6.76. The molecule has 0 unspecified atom stereocenters. The molecule has 1 aromatic heterocycles. The first kappa shape index (κ1) is 21.2. The van der Waals surface area contributed by atoms with Gasteiger partial charge in [-0.3, -0.25) is 0 Å². The molecular weight excluding hydrogens is 414 g/mol. The molecule has 1 heterocycles. The van der Waals surface area contributed by atoms with Crippen LogP contribution >= 0.6 is 30.1 Å². The SMILES string of the molecule is C=P(C)(C)/C(=C/c1cc(-n2nc3c(c2Cl)CCCC3)c(C)cc1Cl)C(=O)OC. The first-order chi connectivity index (χ1) is 13.1. The number of aryl methyl sites for hydroxylation is 2. The van der Waals surface area contributed by atoms with Crippen molar-refractivity contribution >= 4 is 48.4 Å². The van der Waals surface area contributed by atoms with E-state index >= 15 is 0 Å². The van der Waals surface area contributed by atoms with Crippen LogP contribution in [-0.4, -0.2) is 42.5 Å². The van der Waals surface area contributed by atoms with E-state index in [1.165, 1.54) is 7.11 Å². The molecule has 1 aliphatic carbocycles. The summed E-state index contributed by atoms with van der Waals surface area (Å²) in [7, 11) is 1.38. The van der Waals surface area contributed by atoms with Crippen molar-refractivity contribution in [1.29, 1.82) is 0 Å². The number of benzene rings is 1. The van der Waals surface area contributed by atoms with Crippen molar-refractivity contribution in [2.24, 2.45) is 0 Å². The van der Waals surface area contributed by atoms with Crippen molar-refractivity contribution < 1.29 is 9.53 Å². The standard InChI is InChI=1S/C21H25Cl2N2O2P/c1-13-10-16(22)14(12-19(21(26)27-2)28(3,4)5)11-18(13)25-20(23)15-8-6-7-9-17(15)24-25/h10-12H,3,6-9H2,1-2,4-5H3/b19-12+. The van der Waals surface area contributed by atoms with Gasteiger partial charge < -0.3 is 4.74 Å². The molecule has 3 rings (SSSR count). The van der Waals surface area contributed by atoms with Gasteiger partial charge in [0.25, 0.3) is 0 Å². The number of methoxy groups -OCH3 is 1. The molecule has 4 nitrogen and oxygen atoms in total. The number of fused-ring (bicyclic) bond motifs is 1. The Kier molecular flexibility index (Phi) is 6.14. The van der Waals surface area contributed by atoms with E-state index < -0.39 is 6.89 Å². The highest BCUT2D eigenvalue weighted by molar-refractivity contribution is 7.77. The maximum atomic E-state index is 12.3. The van der Waals surface area contributed by atoms with Crippen molar-refractivity contribution in [3.05, 3.63) is 50.0 Å². The maximum Gasteiger partial charge on any atom is 0.338 e. The molecule has 1 aromatic carbocycles. The molecule has 0 N–H and O–H groups in total. The number of nitrogens with zero attached hydrogens (tertiary/aromatic N) is 2. The van der Waals surface area contributed by atoms with Crippen molar-refractivity contribution in [3.63, 3.8) is 0 Å². The summed E-state index contributed by atoms with van der Waals surface area (Å²) >= 11 is 13.2. The van der Waals surface area contributed by atoms with Crippen molar-refractivity contribution in [2.45, 2.75) is 32.6 Å². The van der Waals surface area contributed by atoms with Gasteiger partial charge in [0.05, 0.1) is 23.8 Å². The van der Waals surface area contributed by atoms with E-state index in [1.807, 2.05) is 32.4 Å². The lowest BCUT2D eigenvalue weighted by Crippen LogP contribution is -2.06. The van der Waals surface area contributed by atoms with Crippen LogP contribution in [0, 0.1) is 6.92 Å². The number of carbonyl (C=O) groups excluding carboxylic acids is 1. The molecule has 150 valence electrons. The smallest absolute Gasteiger partial charge is 0.338 e. The molecule has 0 saturated carbocycles. The second kappa shape index (κ2) is 8.10. The Morgan fingerprint density at radius 3 is 2.57 bits per heavy atom. The molecule has 0 saturated heterocycles. The third kappa shape index (κ3) is 4.10. The van der Waals surface area contributed by atoms with Gasteiger partial charge in [-0.1, -0.05) is 36.4 Å². The lowest BCUT2D eigenvalue weighted by atomic mass is 9.98. The van der Waals surface area contributed by atoms with Crippen LogP contribution in [0.5, 0.6) is 0 Å². The lowest BCUT2D eigenvalue weighted by molar-refractivity contribution is -0.135. The first-order valence-electron chi connectivity index (χ1n) is 9.19. The fourth-order valence-electron chi connectivity index (χ4n) is 3.42. The van der Waals surface area contributed by atoms with Gasteiger partial charge in [0, 0.05) is 10.6 Å². The number of aromatic nitrogens is 2. The number of esters is 1. The summed E-state index contributed by atoms with van der Waals surface area (Å²) in [5, 5.41) is 6.53. The van der Waals surface area contributed by atoms with Crippen LogP contribution < -0.4 is 0 Å². The molecule has 1 aliphatic rings. The van der Waals surface area contributed by atoms with Gasteiger partial charge >= 0.3 is 5.97 Å². The Hall–Kier alpha value is -1.48. The number of halogens is 2. The van der Waals surface area contributed by atoms with E-state index in [1.54, 1.807) is 10.8 Å². The van der Waals surface area contributed by atoms with Gasteiger partial charge in [-0.2, -0.15) is 5.10 Å². The zero-order chi connectivity index (χ0) is 20.6. The van der Waals surface area contributed by atoms with Crippen LogP contribution in [0.3, 0.4) is 0 Å². The third-order valence-corrected chi connectivity index (χ3v) is 7.31. The second-order valence-electron chi connectivity index (χ2n) is 7.70. The zero-order valence-electron chi connectivity index (χ0n) is 16.7. The second-order valence-corrected chi connectivity index (χ2v) is 12.3. The minimum Gasteiger partial charge on any atom is -0.465 e. The van der Waals surface area contributed by atoms with Gasteiger partial charge in [0.15, 0.2) is 0 Å². The van der Waals surface area contributed by atoms with Crippen LogP contribution in [0.1, 0.15) is 35.2 Å². The quantitative estimate of drug-likeness (QED) is 0.355. The number of hydrogen-bond acceptors (Lipinski definition) is 3. The zero-order valence-corrected chi connectivity index (χ0v) is 19.1. The molecule has 0 fully saturated rings. The topological polar surface area (TPSA) is 44.1 Å². The number of hydrogen-bond donors (Lipinski definition) is 0. The normalized spacial score (nSPS) is 14.7. The summed E-state index contributed by atoms with van der Waals surface area (Å²) in [6.07, 6.45) is 10.2. The third-order valence-electron chi connectivity index (χ3n) is 4.98. The predicted octanol–water partition coefficient (Wildman–Crippen LogP) is 5.59. The van der Waals surface area contributed by atoms with Crippen LogP contribution in [0.2, 0.25) is 10.2 Å². The van der Waals surface area contributed by atoms with E-state index in [9.17, 15) is 4.79 Å². The highest BCUT2D eigenvalue weighted by Gasteiger charge is 2.22. The molecule has 7 heteroatoms. The summed E-state index contributed by atoms with van der Waals surface area (Å²) in [4.78, 5) is 12.3. The van der Waals surface area contributed by atoms with Crippen LogP contribution in [0.4, 0.5) is 0 Å². The number of carbonyl (C=O) groups is 1. The van der Waals surface area contributed by atoms with E-state index in [4.69, 9.17) is 33.0 Å². The van der Waals surface area contributed by atoms with Crippen molar-refractivity contribution in [3.8, 4) is 5.69 Å². The molecule has 0 spiro atoms. The van der Waals surface area contributed by atoms with E-state index in [0.717, 1.165) is 53.8 Å². The fraction of sp³-hybridized carbons (Fsp3) is 0.381. The largest absolute Gasteiger partial charge is 0.465 e. The minimum absolute atomic E-state index is 0.376. The van der Waals surface area contributed by atoms with Crippen LogP contribution in [0.15, 0.2) is 17.4 Å². The molecule has 0 atom stereocenters. The fourth-order valence-corrected chi connectivity index (χ4v) is 5.10. The van der Waals surface area contributed by atoms with E-state index in [-0.39, 0.29) is 5.97 Å². The highest BCUT2D eigenvalue weighted by Crippen LogP contribution is 2.47. The Morgan fingerprint density at radius 1 is 1.29 bits per heavy atom. The summed E-state index contributed by atoms with van der Waals surface area (Å²) in [6.45, 7) is 4.05. The van der Waals surface area contributed by atoms with E-state index in [2.05, 4.69) is 6.30 Å². The van der Waals surface area contributed by atoms with Crippen molar-refractivity contribution in [2.75, 3.05) is 20.4 Å². The average molecular weight is 439 g/mol. The van der Waals surface area contributed by atoms with Gasteiger partial charge in [-0.05, 0) is 75.3 Å². The Bertz CT molecular complexity index is 1020. The molecule has 2 aromatic rings. The lowest BCUT2D eigenvalue weighted by Gasteiger charge is -2.17. The molecule has 0 amide bonds. The molecule has 0 aliphatic heterocycles. The molecule has 0 radical (unpaired) electrons. The maximum absolute atomic E-state index is 12.3. The average Bonchev–Trinajstić information content (AvgIpc) is 2.96. The first-order valence-corrected chi connectivity index (χ1v) is 12.8. The van der Waals surface area contributed by atoms with Gasteiger partial charge in [-0.15, -0.1) is 0 Å². The molecule has 0 bridgehead atoms. The van der Waals surface area contributed by atoms with Crippen LogP contribution in [0.25, 0.3) is 11.8 Å². The monoisotopic (exact) mass is 438 g/mol. The number of rotatable bonds is 4. The van der Waals surface area contributed by atoms with Gasteiger partial charge in [-0.25, -0.2) is 9.48 Å². The Morgan fingerprint density at radius 2 is 1.96 bits per heavy atom. The summed E-state index contributed by atoms with van der Waals surface area (Å²) in [6, 6.07) is 3.81. The molecular formula is C21H25Cl2N2O2P. The molecule has 28 heavy (non-hydrogen) atoms. The highest BCUT2D eigenvalue weighted by atomic mass is 35.5. The van der Waals surface area contributed by atoms with Gasteiger partial charge in [0.1, 0.15) is 5.15 Å². The Balaban J connectivity index is 2.17. The van der Waals surface area contributed by atoms with Gasteiger partial charge in [0.2, 0.25) is 0 Å². The minimum atomic E-state index is -1.87. The van der Waals surface area contributed by atoms with E-state index in [0.29, 0.717) is 15.5 Å². The predicted molar refractivity (Wildman–Crippen MR) is 121 cm³/mol. The summed E-state index contributed by atoms with van der Waals surface area (Å²) in [5.74, 6) is -0.376. The van der Waals surface area contributed by atoms with Crippen molar-refractivity contribution in [1.82, 2.24) is 9.78 Å². The Labute approximate surface area is 176 Å².